The summed E-state index contributed by atoms with van der Waals surface area (Å²) in [5.41, 5.74) is 6.27. The number of hydrogen-bond acceptors (Lipinski definition) is 6. The van der Waals surface area contributed by atoms with Gasteiger partial charge >= 0.3 is 0 Å². The van der Waals surface area contributed by atoms with Crippen LogP contribution in [0.1, 0.15) is 0 Å². The van der Waals surface area contributed by atoms with E-state index in [0.717, 1.165) is 5.39 Å². The summed E-state index contributed by atoms with van der Waals surface area (Å²) in [5.74, 6) is 6.24. The molecule has 0 aliphatic heterocycles. The number of fused-ring (bicyclic) bond motifs is 1. The maximum absolute atomic E-state index is 5.72. The highest BCUT2D eigenvalue weighted by Gasteiger charge is 2.06. The zero-order chi connectivity index (χ0) is 10.1. The molecule has 0 amide bonds. The lowest BCUT2D eigenvalue weighted by Gasteiger charge is -2.10. The Bertz CT molecular complexity index is 466. The fraction of sp³-hybridized carbons (Fsp3) is 0.125. The quantitative estimate of drug-likeness (QED) is 0.482. The zero-order valence-corrected chi connectivity index (χ0v) is 7.68. The molecule has 0 saturated heterocycles. The van der Waals surface area contributed by atoms with Gasteiger partial charge in [0.05, 0.1) is 5.39 Å². The number of rotatable bonds is 1. The summed E-state index contributed by atoms with van der Waals surface area (Å²) in [6.07, 6.45) is 1.65. The van der Waals surface area contributed by atoms with Gasteiger partial charge in [-0.3, -0.25) is 5.01 Å². The molecule has 14 heavy (non-hydrogen) atoms. The summed E-state index contributed by atoms with van der Waals surface area (Å²) in [4.78, 5) is 12.2. The van der Waals surface area contributed by atoms with E-state index in [1.807, 2.05) is 6.07 Å². The second-order valence-corrected chi connectivity index (χ2v) is 2.89. The summed E-state index contributed by atoms with van der Waals surface area (Å²) in [6, 6.07) is 3.60. The van der Waals surface area contributed by atoms with Crippen LogP contribution in [-0.4, -0.2) is 22.0 Å². The van der Waals surface area contributed by atoms with E-state index in [1.165, 1.54) is 5.01 Å². The third-order valence-corrected chi connectivity index (χ3v) is 1.80. The minimum atomic E-state index is 0.355. The maximum Gasteiger partial charge on any atom is 0.243 e. The highest BCUT2D eigenvalue weighted by Crippen LogP contribution is 2.17. The van der Waals surface area contributed by atoms with Gasteiger partial charge in [-0.05, 0) is 12.1 Å². The first kappa shape index (κ1) is 8.64. The molecule has 2 rings (SSSR count). The second kappa shape index (κ2) is 3.08. The smallest absolute Gasteiger partial charge is 0.243 e. The molecule has 2 aromatic heterocycles. The van der Waals surface area contributed by atoms with Gasteiger partial charge in [0.15, 0.2) is 5.65 Å². The molecule has 6 heteroatoms. The van der Waals surface area contributed by atoms with Crippen molar-refractivity contribution in [2.75, 3.05) is 17.8 Å². The Hall–Kier alpha value is -1.95. The van der Waals surface area contributed by atoms with Gasteiger partial charge in [-0.25, -0.2) is 10.8 Å². The molecule has 0 saturated carbocycles. The average molecular weight is 190 g/mol. The van der Waals surface area contributed by atoms with Gasteiger partial charge in [-0.1, -0.05) is 0 Å². The minimum absolute atomic E-state index is 0.355. The number of hydrazine groups is 1. The van der Waals surface area contributed by atoms with E-state index < -0.39 is 0 Å². The fourth-order valence-corrected chi connectivity index (χ4v) is 1.13. The van der Waals surface area contributed by atoms with Crippen molar-refractivity contribution in [2.45, 2.75) is 0 Å². The second-order valence-electron chi connectivity index (χ2n) is 2.89. The fourth-order valence-electron chi connectivity index (χ4n) is 1.13. The monoisotopic (exact) mass is 190 g/mol. The first-order valence-corrected chi connectivity index (χ1v) is 4.05. The van der Waals surface area contributed by atoms with E-state index in [0.29, 0.717) is 17.4 Å². The molecule has 72 valence electrons. The summed E-state index contributed by atoms with van der Waals surface area (Å²) in [7, 11) is 1.64. The molecular weight excluding hydrogens is 180 g/mol. The van der Waals surface area contributed by atoms with Gasteiger partial charge in [-0.15, -0.1) is 0 Å². The molecule has 0 spiro atoms. The Morgan fingerprint density at radius 1 is 1.36 bits per heavy atom. The lowest BCUT2D eigenvalue weighted by Crippen LogP contribution is -2.27. The minimum Gasteiger partial charge on any atom is -0.383 e. The Morgan fingerprint density at radius 3 is 2.86 bits per heavy atom. The zero-order valence-electron chi connectivity index (χ0n) is 7.68. The van der Waals surface area contributed by atoms with Gasteiger partial charge in [0.1, 0.15) is 5.82 Å². The van der Waals surface area contributed by atoms with Crippen molar-refractivity contribution in [2.24, 2.45) is 5.84 Å². The van der Waals surface area contributed by atoms with Gasteiger partial charge in [0.25, 0.3) is 0 Å². The number of pyridine rings is 1. The molecule has 0 fully saturated rings. The summed E-state index contributed by atoms with van der Waals surface area (Å²) in [6.45, 7) is 0. The van der Waals surface area contributed by atoms with Gasteiger partial charge in [0.2, 0.25) is 5.95 Å². The van der Waals surface area contributed by atoms with Crippen molar-refractivity contribution in [3.05, 3.63) is 18.3 Å². The van der Waals surface area contributed by atoms with Crippen LogP contribution in [0.4, 0.5) is 11.8 Å². The highest BCUT2D eigenvalue weighted by molar-refractivity contribution is 5.85. The molecule has 2 aromatic rings. The first-order valence-electron chi connectivity index (χ1n) is 4.05. The number of nitrogens with zero attached hydrogens (tertiary/aromatic N) is 4. The molecule has 0 aromatic carbocycles. The highest BCUT2D eigenvalue weighted by atomic mass is 15.4. The van der Waals surface area contributed by atoms with Gasteiger partial charge in [0, 0.05) is 13.2 Å². The summed E-state index contributed by atoms with van der Waals surface area (Å²) in [5, 5.41) is 2.03. The Balaban J connectivity index is 2.72. The van der Waals surface area contributed by atoms with Crippen LogP contribution in [0.3, 0.4) is 0 Å². The van der Waals surface area contributed by atoms with Crippen molar-refractivity contribution in [1.29, 1.82) is 0 Å². The number of anilines is 2. The number of aromatic nitrogens is 3. The van der Waals surface area contributed by atoms with Crippen molar-refractivity contribution in [3.63, 3.8) is 0 Å². The van der Waals surface area contributed by atoms with E-state index in [-0.39, 0.29) is 0 Å². The lowest BCUT2D eigenvalue weighted by molar-refractivity contribution is 0.939. The molecule has 4 N–H and O–H groups in total. The van der Waals surface area contributed by atoms with E-state index in [9.17, 15) is 0 Å². The van der Waals surface area contributed by atoms with Crippen molar-refractivity contribution < 1.29 is 0 Å². The third-order valence-electron chi connectivity index (χ3n) is 1.80. The first-order chi connectivity index (χ1) is 6.68. The van der Waals surface area contributed by atoms with Gasteiger partial charge in [-0.2, -0.15) is 9.97 Å². The van der Waals surface area contributed by atoms with Crippen LogP contribution < -0.4 is 16.6 Å². The molecule has 0 aliphatic carbocycles. The van der Waals surface area contributed by atoms with Crippen LogP contribution in [0.2, 0.25) is 0 Å². The van der Waals surface area contributed by atoms with E-state index in [4.69, 9.17) is 11.6 Å². The SMILES string of the molecule is CN(N)c1nc(N)c2cccnc2n1. The number of nitrogens with two attached hydrogens (primary N) is 2. The molecule has 6 nitrogen and oxygen atoms in total. The molecule has 0 radical (unpaired) electrons. The number of nitrogen functional groups attached to an aromatic ring is 1. The largest absolute Gasteiger partial charge is 0.383 e. The normalized spacial score (nSPS) is 10.4. The van der Waals surface area contributed by atoms with E-state index in [1.54, 1.807) is 19.3 Å². The lowest BCUT2D eigenvalue weighted by atomic mass is 10.3. The molecule has 0 bridgehead atoms. The Kier molecular flexibility index (Phi) is 1.90. The van der Waals surface area contributed by atoms with Crippen LogP contribution >= 0.6 is 0 Å². The van der Waals surface area contributed by atoms with Crippen LogP contribution in [0.25, 0.3) is 11.0 Å². The van der Waals surface area contributed by atoms with Gasteiger partial charge < -0.3 is 5.73 Å². The summed E-state index contributed by atoms with van der Waals surface area (Å²) >= 11 is 0. The standard InChI is InChI=1S/C8H10N6/c1-14(10)8-12-6(9)5-3-2-4-11-7(5)13-8/h2-4H,10H2,1H3,(H2,9,11,12,13). The molecule has 0 aliphatic rings. The molecular formula is C8H10N6. The predicted octanol–water partition coefficient (Wildman–Crippen LogP) is -0.0831. The number of hydrogen-bond donors (Lipinski definition) is 2. The molecule has 2 heterocycles. The van der Waals surface area contributed by atoms with Crippen LogP contribution in [0.5, 0.6) is 0 Å². The maximum atomic E-state index is 5.72. The Morgan fingerprint density at radius 2 is 2.14 bits per heavy atom. The summed E-state index contributed by atoms with van der Waals surface area (Å²) < 4.78 is 0. The topological polar surface area (TPSA) is 94.0 Å². The molecule has 0 atom stereocenters. The van der Waals surface area contributed by atoms with Crippen molar-refractivity contribution >= 4 is 22.8 Å². The Labute approximate surface area is 80.5 Å². The van der Waals surface area contributed by atoms with E-state index in [2.05, 4.69) is 15.0 Å². The average Bonchev–Trinajstić information content (AvgIpc) is 2.17. The van der Waals surface area contributed by atoms with Crippen LogP contribution in [-0.2, 0) is 0 Å². The van der Waals surface area contributed by atoms with Crippen LogP contribution in [0.15, 0.2) is 18.3 Å². The molecule has 0 unspecified atom stereocenters. The van der Waals surface area contributed by atoms with Crippen LogP contribution in [0, 0.1) is 0 Å². The predicted molar refractivity (Wildman–Crippen MR) is 54.3 cm³/mol. The van der Waals surface area contributed by atoms with Crippen molar-refractivity contribution in [3.8, 4) is 0 Å². The van der Waals surface area contributed by atoms with E-state index >= 15 is 0 Å². The van der Waals surface area contributed by atoms with Crippen molar-refractivity contribution in [1.82, 2.24) is 15.0 Å². The third kappa shape index (κ3) is 1.31.